The topological polar surface area (TPSA) is 50.7 Å². The van der Waals surface area contributed by atoms with E-state index in [1.807, 2.05) is 43.3 Å². The first-order valence-electron chi connectivity index (χ1n) is 7.36. The number of hydrogen-bond donors (Lipinski definition) is 1. The van der Waals surface area contributed by atoms with Crippen molar-refractivity contribution >= 4 is 23.2 Å². The van der Waals surface area contributed by atoms with Crippen LogP contribution in [0.4, 0.5) is 0 Å². The molecular formula is C18H19ClN2O2. The fourth-order valence-electron chi connectivity index (χ4n) is 2.09. The summed E-state index contributed by atoms with van der Waals surface area (Å²) in [6, 6.07) is 14.8. The first-order valence-corrected chi connectivity index (χ1v) is 7.74. The molecule has 0 spiro atoms. The summed E-state index contributed by atoms with van der Waals surface area (Å²) in [5, 5.41) is 4.90. The molecule has 0 heterocycles. The smallest absolute Gasteiger partial charge is 0.244 e. The summed E-state index contributed by atoms with van der Waals surface area (Å²) in [4.78, 5) is 12.0. The fourth-order valence-corrected chi connectivity index (χ4v) is 2.21. The molecule has 0 saturated carbocycles. The highest BCUT2D eigenvalue weighted by Gasteiger charge is 2.05. The van der Waals surface area contributed by atoms with Crippen molar-refractivity contribution in [3.8, 4) is 5.75 Å². The van der Waals surface area contributed by atoms with E-state index in [0.717, 1.165) is 22.6 Å². The van der Waals surface area contributed by atoms with Crippen LogP contribution < -0.4 is 10.2 Å². The number of hydrogen-bond acceptors (Lipinski definition) is 3. The van der Waals surface area contributed by atoms with Crippen LogP contribution in [0, 0.1) is 0 Å². The first kappa shape index (κ1) is 17.0. The second-order valence-electron chi connectivity index (χ2n) is 4.98. The van der Waals surface area contributed by atoms with Gasteiger partial charge in [-0.2, -0.15) is 5.10 Å². The van der Waals surface area contributed by atoms with Gasteiger partial charge in [-0.15, -0.1) is 0 Å². The Kier molecular flexibility index (Phi) is 6.18. The lowest BCUT2D eigenvalue weighted by Gasteiger charge is -2.06. The number of nitrogens with zero attached hydrogens (tertiary/aromatic N) is 1. The van der Waals surface area contributed by atoms with Crippen molar-refractivity contribution in [1.29, 1.82) is 0 Å². The minimum Gasteiger partial charge on any atom is -0.497 e. The van der Waals surface area contributed by atoms with Crippen LogP contribution in [0.15, 0.2) is 53.6 Å². The number of rotatable bonds is 6. The van der Waals surface area contributed by atoms with E-state index in [-0.39, 0.29) is 12.3 Å². The van der Waals surface area contributed by atoms with E-state index in [1.165, 1.54) is 0 Å². The molecule has 0 aliphatic heterocycles. The van der Waals surface area contributed by atoms with Gasteiger partial charge in [-0.05, 0) is 41.8 Å². The van der Waals surface area contributed by atoms with Crippen molar-refractivity contribution in [1.82, 2.24) is 5.43 Å². The predicted octanol–water partition coefficient (Wildman–Crippen LogP) is 3.82. The lowest BCUT2D eigenvalue weighted by Crippen LogP contribution is -2.21. The minimum absolute atomic E-state index is 0.157. The van der Waals surface area contributed by atoms with Gasteiger partial charge in [0.2, 0.25) is 5.91 Å². The minimum atomic E-state index is -0.157. The van der Waals surface area contributed by atoms with Gasteiger partial charge in [0, 0.05) is 5.02 Å². The maximum atomic E-state index is 12.0. The summed E-state index contributed by atoms with van der Waals surface area (Å²) in [5.41, 5.74) is 5.27. The van der Waals surface area contributed by atoms with Crippen LogP contribution in [0.1, 0.15) is 24.5 Å². The van der Waals surface area contributed by atoms with Crippen molar-refractivity contribution < 1.29 is 9.53 Å². The van der Waals surface area contributed by atoms with Gasteiger partial charge >= 0.3 is 0 Å². The standard InChI is InChI=1S/C18H19ClN2O2/c1-3-17(14-6-8-15(19)9-7-14)20-21-18(22)12-13-4-10-16(23-2)11-5-13/h4-11H,3,12H2,1-2H3,(H,21,22). The number of ether oxygens (including phenoxy) is 1. The molecule has 0 atom stereocenters. The van der Waals surface area contributed by atoms with Crippen molar-refractivity contribution in [2.75, 3.05) is 7.11 Å². The van der Waals surface area contributed by atoms with Gasteiger partial charge in [0.1, 0.15) is 5.75 Å². The van der Waals surface area contributed by atoms with Gasteiger partial charge in [0.15, 0.2) is 0 Å². The number of hydrazone groups is 1. The number of nitrogens with one attached hydrogen (secondary N) is 1. The number of halogens is 1. The average Bonchev–Trinajstić information content (AvgIpc) is 2.57. The van der Waals surface area contributed by atoms with Crippen LogP contribution >= 0.6 is 11.6 Å². The Morgan fingerprint density at radius 2 is 1.78 bits per heavy atom. The van der Waals surface area contributed by atoms with Gasteiger partial charge in [0.25, 0.3) is 0 Å². The fraction of sp³-hybridized carbons (Fsp3) is 0.222. The molecule has 0 aliphatic carbocycles. The zero-order chi connectivity index (χ0) is 16.7. The van der Waals surface area contributed by atoms with E-state index in [2.05, 4.69) is 10.5 Å². The number of methoxy groups -OCH3 is 1. The Labute approximate surface area is 141 Å². The largest absolute Gasteiger partial charge is 0.497 e. The lowest BCUT2D eigenvalue weighted by molar-refractivity contribution is -0.120. The Hall–Kier alpha value is -2.33. The molecule has 0 aromatic heterocycles. The quantitative estimate of drug-likeness (QED) is 0.646. The molecule has 2 aromatic rings. The van der Waals surface area contributed by atoms with Gasteiger partial charge in [0.05, 0.1) is 19.2 Å². The summed E-state index contributed by atoms with van der Waals surface area (Å²) in [7, 11) is 1.61. The third kappa shape index (κ3) is 5.11. The van der Waals surface area contributed by atoms with E-state index in [1.54, 1.807) is 19.2 Å². The highest BCUT2D eigenvalue weighted by atomic mass is 35.5. The van der Waals surface area contributed by atoms with Crippen molar-refractivity contribution in [2.45, 2.75) is 19.8 Å². The number of carbonyl (C=O) groups is 1. The van der Waals surface area contributed by atoms with E-state index in [9.17, 15) is 4.79 Å². The number of amides is 1. The van der Waals surface area contributed by atoms with Crippen LogP contribution in [-0.4, -0.2) is 18.7 Å². The van der Waals surface area contributed by atoms with Crippen LogP contribution in [0.3, 0.4) is 0 Å². The molecule has 0 radical (unpaired) electrons. The molecule has 2 aromatic carbocycles. The summed E-state index contributed by atoms with van der Waals surface area (Å²) in [6.45, 7) is 1.99. The molecule has 5 heteroatoms. The van der Waals surface area contributed by atoms with Gasteiger partial charge < -0.3 is 4.74 Å². The normalized spacial score (nSPS) is 11.2. The molecule has 0 aliphatic rings. The highest BCUT2D eigenvalue weighted by molar-refractivity contribution is 6.30. The molecule has 0 unspecified atom stereocenters. The lowest BCUT2D eigenvalue weighted by atomic mass is 10.1. The molecular weight excluding hydrogens is 312 g/mol. The van der Waals surface area contributed by atoms with Crippen molar-refractivity contribution in [2.24, 2.45) is 5.10 Å². The van der Waals surface area contributed by atoms with Crippen LogP contribution in [0.25, 0.3) is 0 Å². The van der Waals surface area contributed by atoms with Crippen molar-refractivity contribution in [3.63, 3.8) is 0 Å². The highest BCUT2D eigenvalue weighted by Crippen LogP contribution is 2.13. The Balaban J connectivity index is 1.98. The summed E-state index contributed by atoms with van der Waals surface area (Å²) in [6.07, 6.45) is 0.982. The first-order chi connectivity index (χ1) is 11.1. The van der Waals surface area contributed by atoms with Gasteiger partial charge in [-0.1, -0.05) is 42.8 Å². The van der Waals surface area contributed by atoms with Crippen LogP contribution in [0.2, 0.25) is 5.02 Å². The Bertz CT molecular complexity index is 679. The number of benzene rings is 2. The monoisotopic (exact) mass is 330 g/mol. The van der Waals surface area contributed by atoms with E-state index in [0.29, 0.717) is 11.4 Å². The van der Waals surface area contributed by atoms with Crippen LogP contribution in [-0.2, 0) is 11.2 Å². The Morgan fingerprint density at radius 1 is 1.13 bits per heavy atom. The third-order valence-corrected chi connectivity index (χ3v) is 3.60. The third-order valence-electron chi connectivity index (χ3n) is 3.35. The van der Waals surface area contributed by atoms with E-state index >= 15 is 0 Å². The molecule has 23 heavy (non-hydrogen) atoms. The maximum Gasteiger partial charge on any atom is 0.244 e. The zero-order valence-electron chi connectivity index (χ0n) is 13.2. The molecule has 2 rings (SSSR count). The molecule has 1 amide bonds. The van der Waals surface area contributed by atoms with Gasteiger partial charge in [-0.25, -0.2) is 5.43 Å². The summed E-state index contributed by atoms with van der Waals surface area (Å²) in [5.74, 6) is 0.610. The second kappa shape index (κ2) is 8.34. The van der Waals surface area contributed by atoms with E-state index in [4.69, 9.17) is 16.3 Å². The SMILES string of the molecule is CCC(=NNC(=O)Cc1ccc(OC)cc1)c1ccc(Cl)cc1. The van der Waals surface area contributed by atoms with Crippen LogP contribution in [0.5, 0.6) is 5.75 Å². The second-order valence-corrected chi connectivity index (χ2v) is 5.42. The zero-order valence-corrected chi connectivity index (χ0v) is 13.9. The molecule has 0 bridgehead atoms. The average molecular weight is 331 g/mol. The van der Waals surface area contributed by atoms with E-state index < -0.39 is 0 Å². The molecule has 120 valence electrons. The molecule has 4 nitrogen and oxygen atoms in total. The molecule has 0 fully saturated rings. The van der Waals surface area contributed by atoms with Crippen molar-refractivity contribution in [3.05, 3.63) is 64.7 Å². The summed E-state index contributed by atoms with van der Waals surface area (Å²) >= 11 is 5.88. The van der Waals surface area contributed by atoms with Gasteiger partial charge in [-0.3, -0.25) is 4.79 Å². The summed E-state index contributed by atoms with van der Waals surface area (Å²) < 4.78 is 5.09. The molecule has 1 N–H and O–H groups in total. The predicted molar refractivity (Wildman–Crippen MR) is 93.1 cm³/mol. The molecule has 0 saturated heterocycles. The Morgan fingerprint density at radius 3 is 2.35 bits per heavy atom. The maximum absolute atomic E-state index is 12.0. The number of carbonyl (C=O) groups excluding carboxylic acids is 1.